The van der Waals surface area contributed by atoms with Gasteiger partial charge in [-0.25, -0.2) is 0 Å². The number of carbonyl (C=O) groups excluding carboxylic acids is 1. The number of halogens is 1. The largest absolute Gasteiger partial charge is 0.399 e. The second-order valence-corrected chi connectivity index (χ2v) is 5.21. The molecule has 0 radical (unpaired) electrons. The van der Waals surface area contributed by atoms with Gasteiger partial charge in [0.25, 0.3) is 0 Å². The number of hydrogen-bond acceptors (Lipinski definition) is 3. The monoisotopic (exact) mass is 271 g/mol. The Balaban J connectivity index is 2.58. The Hall–Kier alpha value is -0.480. The molecule has 2 nitrogen and oxygen atoms in total. The van der Waals surface area contributed by atoms with Crippen molar-refractivity contribution >= 4 is 39.2 Å². The van der Waals surface area contributed by atoms with Crippen LogP contribution in [0.1, 0.15) is 23.2 Å². The standard InChI is InChI=1S/C10H10BrNOS/c11-8-5-6(12)4-7-9(13)2-1-3-14-10(7)8/h4-5H,1-3,12H2. The first kappa shape index (κ1) is 10.1. The summed E-state index contributed by atoms with van der Waals surface area (Å²) in [6.45, 7) is 0. The highest BCUT2D eigenvalue weighted by molar-refractivity contribution is 9.10. The molecule has 0 saturated heterocycles. The molecule has 0 amide bonds. The minimum Gasteiger partial charge on any atom is -0.399 e. The van der Waals surface area contributed by atoms with E-state index < -0.39 is 0 Å². The van der Waals surface area contributed by atoms with Gasteiger partial charge in [-0.1, -0.05) is 0 Å². The lowest BCUT2D eigenvalue weighted by Crippen LogP contribution is -2.00. The number of thioether (sulfide) groups is 1. The van der Waals surface area contributed by atoms with Gasteiger partial charge in [-0.3, -0.25) is 4.79 Å². The van der Waals surface area contributed by atoms with Crippen molar-refractivity contribution in [1.29, 1.82) is 0 Å². The Labute approximate surface area is 95.4 Å². The van der Waals surface area contributed by atoms with E-state index in [2.05, 4.69) is 15.9 Å². The topological polar surface area (TPSA) is 43.1 Å². The first-order valence-electron chi connectivity index (χ1n) is 4.43. The van der Waals surface area contributed by atoms with Crippen LogP contribution < -0.4 is 5.73 Å². The van der Waals surface area contributed by atoms with Crippen LogP contribution in [0.25, 0.3) is 0 Å². The minimum atomic E-state index is 0.206. The lowest BCUT2D eigenvalue weighted by Gasteiger charge is -2.07. The normalized spacial score (nSPS) is 16.2. The third-order valence-electron chi connectivity index (χ3n) is 2.16. The van der Waals surface area contributed by atoms with E-state index in [4.69, 9.17) is 5.73 Å². The van der Waals surface area contributed by atoms with Gasteiger partial charge in [-0.2, -0.15) is 0 Å². The molecule has 1 aromatic rings. The van der Waals surface area contributed by atoms with Crippen LogP contribution in [0.15, 0.2) is 21.5 Å². The molecule has 14 heavy (non-hydrogen) atoms. The third-order valence-corrected chi connectivity index (χ3v) is 4.27. The summed E-state index contributed by atoms with van der Waals surface area (Å²) in [5.41, 5.74) is 7.13. The predicted octanol–water partition coefficient (Wildman–Crippen LogP) is 3.10. The highest BCUT2D eigenvalue weighted by atomic mass is 79.9. The molecule has 0 bridgehead atoms. The van der Waals surface area contributed by atoms with Crippen LogP contribution in [0.2, 0.25) is 0 Å². The van der Waals surface area contributed by atoms with Crippen molar-refractivity contribution in [2.45, 2.75) is 17.7 Å². The average Bonchev–Trinajstić information content (AvgIpc) is 2.29. The number of anilines is 1. The first-order valence-corrected chi connectivity index (χ1v) is 6.21. The number of Topliss-reactive ketones (excluding diaryl/α,β-unsaturated/α-hetero) is 1. The third kappa shape index (κ3) is 1.81. The fraction of sp³-hybridized carbons (Fsp3) is 0.300. The van der Waals surface area contributed by atoms with Gasteiger partial charge < -0.3 is 5.73 Å². The number of nitrogens with two attached hydrogens (primary N) is 1. The Morgan fingerprint density at radius 2 is 2.21 bits per heavy atom. The Morgan fingerprint density at radius 3 is 3.00 bits per heavy atom. The Kier molecular flexibility index (Phi) is 2.83. The van der Waals surface area contributed by atoms with E-state index in [1.54, 1.807) is 17.8 Å². The average molecular weight is 272 g/mol. The van der Waals surface area contributed by atoms with Crippen LogP contribution >= 0.6 is 27.7 Å². The van der Waals surface area contributed by atoms with Gasteiger partial charge in [0.1, 0.15) is 0 Å². The van der Waals surface area contributed by atoms with E-state index in [0.29, 0.717) is 12.1 Å². The maximum atomic E-state index is 11.7. The van der Waals surface area contributed by atoms with E-state index in [1.165, 1.54) is 0 Å². The van der Waals surface area contributed by atoms with Crippen LogP contribution in [0.4, 0.5) is 5.69 Å². The molecule has 0 aliphatic carbocycles. The van der Waals surface area contributed by atoms with Gasteiger partial charge in [0, 0.05) is 27.0 Å². The van der Waals surface area contributed by atoms with Crippen molar-refractivity contribution in [2.75, 3.05) is 11.5 Å². The molecule has 2 rings (SSSR count). The highest BCUT2D eigenvalue weighted by Crippen LogP contribution is 2.36. The van der Waals surface area contributed by atoms with Crippen LogP contribution in [0.5, 0.6) is 0 Å². The molecule has 0 saturated carbocycles. The van der Waals surface area contributed by atoms with Gasteiger partial charge in [-0.05, 0) is 40.2 Å². The van der Waals surface area contributed by atoms with Crippen LogP contribution in [-0.2, 0) is 0 Å². The predicted molar refractivity (Wildman–Crippen MR) is 62.8 cm³/mol. The number of carbonyl (C=O) groups is 1. The van der Waals surface area contributed by atoms with E-state index in [9.17, 15) is 4.79 Å². The number of hydrogen-bond donors (Lipinski definition) is 1. The zero-order valence-electron chi connectivity index (χ0n) is 7.55. The van der Waals surface area contributed by atoms with Crippen molar-refractivity contribution in [3.05, 3.63) is 22.2 Å². The maximum absolute atomic E-state index is 11.7. The molecule has 74 valence electrons. The molecule has 1 heterocycles. The zero-order valence-corrected chi connectivity index (χ0v) is 9.95. The summed E-state index contributed by atoms with van der Waals surface area (Å²) in [6, 6.07) is 3.63. The number of benzene rings is 1. The minimum absolute atomic E-state index is 0.206. The summed E-state index contributed by atoms with van der Waals surface area (Å²) in [6.07, 6.45) is 1.58. The molecule has 0 aromatic heterocycles. The molecule has 0 atom stereocenters. The van der Waals surface area contributed by atoms with E-state index in [0.717, 1.165) is 27.1 Å². The molecule has 0 fully saturated rings. The Morgan fingerprint density at radius 1 is 1.43 bits per heavy atom. The molecule has 4 heteroatoms. The maximum Gasteiger partial charge on any atom is 0.164 e. The molecule has 1 aromatic carbocycles. The van der Waals surface area contributed by atoms with E-state index >= 15 is 0 Å². The molecular formula is C10H10BrNOS. The fourth-order valence-electron chi connectivity index (χ4n) is 1.51. The van der Waals surface area contributed by atoms with Gasteiger partial charge in [0.2, 0.25) is 0 Å². The summed E-state index contributed by atoms with van der Waals surface area (Å²) in [4.78, 5) is 12.8. The molecule has 0 spiro atoms. The SMILES string of the molecule is Nc1cc(Br)c2c(c1)C(=O)CCCS2. The quantitative estimate of drug-likeness (QED) is 0.738. The summed E-state index contributed by atoms with van der Waals surface area (Å²) in [7, 11) is 0. The molecule has 0 unspecified atom stereocenters. The summed E-state index contributed by atoms with van der Waals surface area (Å²) in [5.74, 6) is 1.21. The second-order valence-electron chi connectivity index (χ2n) is 3.25. The number of ketones is 1. The van der Waals surface area contributed by atoms with Crippen LogP contribution in [0.3, 0.4) is 0 Å². The summed E-state index contributed by atoms with van der Waals surface area (Å²) < 4.78 is 0.938. The zero-order chi connectivity index (χ0) is 10.1. The summed E-state index contributed by atoms with van der Waals surface area (Å²) in [5, 5.41) is 0. The molecule has 2 N–H and O–H groups in total. The van der Waals surface area contributed by atoms with Gasteiger partial charge in [0.15, 0.2) is 5.78 Å². The highest BCUT2D eigenvalue weighted by Gasteiger charge is 2.18. The molecule has 1 aliphatic rings. The fourth-order valence-corrected chi connectivity index (χ4v) is 3.35. The van der Waals surface area contributed by atoms with E-state index in [1.807, 2.05) is 6.07 Å². The number of rotatable bonds is 0. The Bertz CT molecular complexity index is 392. The van der Waals surface area contributed by atoms with Crippen LogP contribution in [0, 0.1) is 0 Å². The number of fused-ring (bicyclic) bond motifs is 1. The molecular weight excluding hydrogens is 262 g/mol. The van der Waals surface area contributed by atoms with Crippen molar-refractivity contribution in [1.82, 2.24) is 0 Å². The first-order chi connectivity index (χ1) is 6.68. The van der Waals surface area contributed by atoms with Crippen LogP contribution in [-0.4, -0.2) is 11.5 Å². The number of nitrogen functional groups attached to an aromatic ring is 1. The van der Waals surface area contributed by atoms with Gasteiger partial charge in [0.05, 0.1) is 0 Å². The second kappa shape index (κ2) is 3.95. The molecule has 1 aliphatic heterocycles. The smallest absolute Gasteiger partial charge is 0.164 e. The summed E-state index contributed by atoms with van der Waals surface area (Å²) >= 11 is 5.17. The van der Waals surface area contributed by atoms with Crippen molar-refractivity contribution in [3.63, 3.8) is 0 Å². The van der Waals surface area contributed by atoms with Crippen molar-refractivity contribution < 1.29 is 4.79 Å². The lowest BCUT2D eigenvalue weighted by atomic mass is 10.1. The van der Waals surface area contributed by atoms with Crippen molar-refractivity contribution in [3.8, 4) is 0 Å². The van der Waals surface area contributed by atoms with E-state index in [-0.39, 0.29) is 5.78 Å². The van der Waals surface area contributed by atoms with Crippen molar-refractivity contribution in [2.24, 2.45) is 0 Å². The van der Waals surface area contributed by atoms with Gasteiger partial charge in [-0.15, -0.1) is 11.8 Å². The lowest BCUT2D eigenvalue weighted by molar-refractivity contribution is 0.0980. The van der Waals surface area contributed by atoms with Gasteiger partial charge >= 0.3 is 0 Å².